The Balaban J connectivity index is 1.17. The predicted octanol–water partition coefficient (Wildman–Crippen LogP) is 5.18. The van der Waals surface area contributed by atoms with E-state index < -0.39 is 5.82 Å². The average molecular weight is 554 g/mol. The Bertz CT molecular complexity index is 1700. The van der Waals surface area contributed by atoms with Crippen LogP contribution in [0.15, 0.2) is 30.5 Å². The summed E-state index contributed by atoms with van der Waals surface area (Å²) in [5.74, 6) is 2.96. The van der Waals surface area contributed by atoms with E-state index in [1.807, 2.05) is 6.92 Å². The lowest BCUT2D eigenvalue weighted by Crippen LogP contribution is -2.48. The normalized spacial score (nSPS) is 22.3. The van der Waals surface area contributed by atoms with Crippen molar-refractivity contribution in [2.24, 2.45) is 5.92 Å². The molecule has 2 saturated heterocycles. The number of rotatable bonds is 8. The Kier molecular flexibility index (Phi) is 6.48. The van der Waals surface area contributed by atoms with E-state index in [2.05, 4.69) is 25.8 Å². The third-order valence-corrected chi connectivity index (χ3v) is 8.92. The summed E-state index contributed by atoms with van der Waals surface area (Å²) in [5, 5.41) is 12.1. The molecule has 1 aliphatic carbocycles. The number of aromatic hydroxyl groups is 1. The van der Waals surface area contributed by atoms with Crippen molar-refractivity contribution in [2.45, 2.75) is 57.0 Å². The van der Waals surface area contributed by atoms with Gasteiger partial charge in [-0.25, -0.2) is 14.4 Å². The van der Waals surface area contributed by atoms with Crippen molar-refractivity contribution in [1.82, 2.24) is 24.8 Å². The Morgan fingerprint density at radius 3 is 2.85 bits per heavy atom. The molecule has 0 bridgehead atoms. The molecule has 2 aliphatic heterocycles. The number of aromatic nitrogens is 4. The molecule has 4 aromatic rings. The number of halogens is 1. The van der Waals surface area contributed by atoms with Crippen molar-refractivity contribution >= 4 is 21.8 Å². The van der Waals surface area contributed by atoms with Crippen LogP contribution in [0.3, 0.4) is 0 Å². The third kappa shape index (κ3) is 4.75. The molecule has 4 heterocycles. The van der Waals surface area contributed by atoms with E-state index in [9.17, 15) is 9.50 Å². The summed E-state index contributed by atoms with van der Waals surface area (Å²) in [7, 11) is 0. The minimum Gasteiger partial charge on any atom is -0.508 e. The minimum absolute atomic E-state index is 0.00171. The summed E-state index contributed by atoms with van der Waals surface area (Å²) in [6.45, 7) is 5.13. The fraction of sp³-hybridized carbons (Fsp3) is 0.438. The topological polar surface area (TPSA) is 93.5 Å². The molecule has 0 spiro atoms. The van der Waals surface area contributed by atoms with Gasteiger partial charge < -0.3 is 14.6 Å². The molecule has 210 valence electrons. The highest BCUT2D eigenvalue weighted by atomic mass is 19.1. The summed E-state index contributed by atoms with van der Waals surface area (Å²) in [6, 6.07) is 6.60. The van der Waals surface area contributed by atoms with Crippen LogP contribution < -0.4 is 4.74 Å². The molecule has 8 nitrogen and oxygen atoms in total. The van der Waals surface area contributed by atoms with E-state index in [1.165, 1.54) is 31.0 Å². The molecule has 0 amide bonds. The SMILES string of the molecule is C#Cc1c(F)ccc2cc(O)cc(-c3ncc4c(C)nc(OCC56CCCN5C(COCC5CC5)CC6)nc4n3)c12. The van der Waals surface area contributed by atoms with Gasteiger partial charge in [-0.1, -0.05) is 12.0 Å². The maximum atomic E-state index is 14.6. The first-order chi connectivity index (χ1) is 19.9. The Hall–Kier alpha value is -3.87. The van der Waals surface area contributed by atoms with Gasteiger partial charge in [-0.2, -0.15) is 9.97 Å². The molecule has 2 unspecified atom stereocenters. The van der Waals surface area contributed by atoms with Crippen molar-refractivity contribution in [3.05, 3.63) is 47.5 Å². The number of phenols is 1. The second kappa shape index (κ2) is 10.2. The number of fused-ring (bicyclic) bond motifs is 3. The standard InChI is InChI=1S/C32H32FN5O3/c1-3-24-27(33)8-7-21-13-23(39)14-25(28(21)24)29-34-15-26-19(2)35-31(37-30(26)36-29)41-18-32-10-4-12-38(32)22(9-11-32)17-40-16-20-5-6-20/h1,7-8,13-15,20,22,39H,4-6,9-12,16-18H2,2H3. The van der Waals surface area contributed by atoms with Crippen LogP contribution >= 0.6 is 0 Å². The smallest absolute Gasteiger partial charge is 0.318 e. The maximum Gasteiger partial charge on any atom is 0.318 e. The van der Waals surface area contributed by atoms with Crippen molar-refractivity contribution in [3.8, 4) is 35.5 Å². The van der Waals surface area contributed by atoms with E-state index in [-0.39, 0.29) is 28.7 Å². The van der Waals surface area contributed by atoms with Crippen molar-refractivity contribution in [3.63, 3.8) is 0 Å². The number of nitrogens with zero attached hydrogens (tertiary/aromatic N) is 5. The summed E-state index contributed by atoms with van der Waals surface area (Å²) in [4.78, 5) is 21.0. The molecule has 2 atom stereocenters. The van der Waals surface area contributed by atoms with Gasteiger partial charge in [0, 0.05) is 29.8 Å². The second-order valence-corrected chi connectivity index (χ2v) is 11.7. The number of aryl methyl sites for hydroxylation is 1. The van der Waals surface area contributed by atoms with E-state index in [0.29, 0.717) is 45.7 Å². The summed E-state index contributed by atoms with van der Waals surface area (Å²) >= 11 is 0. The van der Waals surface area contributed by atoms with Crippen LogP contribution in [0.2, 0.25) is 0 Å². The van der Waals surface area contributed by atoms with E-state index in [4.69, 9.17) is 20.9 Å². The molecule has 41 heavy (non-hydrogen) atoms. The van der Waals surface area contributed by atoms with Gasteiger partial charge >= 0.3 is 6.01 Å². The van der Waals surface area contributed by atoms with Crippen LogP contribution in [0.1, 0.15) is 49.8 Å². The molecule has 7 rings (SSSR count). The highest BCUT2D eigenvalue weighted by Crippen LogP contribution is 2.43. The summed E-state index contributed by atoms with van der Waals surface area (Å²) in [5.41, 5.74) is 1.61. The first kappa shape index (κ1) is 26.1. The summed E-state index contributed by atoms with van der Waals surface area (Å²) < 4.78 is 27.0. The van der Waals surface area contributed by atoms with Gasteiger partial charge in [-0.3, -0.25) is 4.90 Å². The lowest BCUT2D eigenvalue weighted by molar-refractivity contribution is 0.0333. The zero-order valence-electron chi connectivity index (χ0n) is 23.1. The third-order valence-electron chi connectivity index (χ3n) is 8.92. The molecule has 9 heteroatoms. The number of benzene rings is 2. The predicted molar refractivity (Wildman–Crippen MR) is 153 cm³/mol. The fourth-order valence-corrected chi connectivity index (χ4v) is 6.61. The van der Waals surface area contributed by atoms with Gasteiger partial charge in [0.2, 0.25) is 0 Å². The van der Waals surface area contributed by atoms with Crippen LogP contribution in [0.5, 0.6) is 11.8 Å². The average Bonchev–Trinajstić information content (AvgIpc) is 3.60. The first-order valence-corrected chi connectivity index (χ1v) is 14.3. The lowest BCUT2D eigenvalue weighted by Gasteiger charge is -2.34. The number of hydrogen-bond donors (Lipinski definition) is 1. The van der Waals surface area contributed by atoms with Gasteiger partial charge in [0.1, 0.15) is 18.2 Å². The molecule has 1 N–H and O–H groups in total. The monoisotopic (exact) mass is 553 g/mol. The van der Waals surface area contributed by atoms with Gasteiger partial charge in [-0.15, -0.1) is 6.42 Å². The molecular weight excluding hydrogens is 521 g/mol. The van der Waals surface area contributed by atoms with Gasteiger partial charge in [0.15, 0.2) is 11.5 Å². The van der Waals surface area contributed by atoms with Crippen molar-refractivity contribution in [2.75, 3.05) is 26.4 Å². The first-order valence-electron chi connectivity index (χ1n) is 14.3. The number of ether oxygens (including phenoxy) is 2. The number of hydrogen-bond acceptors (Lipinski definition) is 8. The molecule has 0 radical (unpaired) electrons. The van der Waals surface area contributed by atoms with Crippen LogP contribution in [0, 0.1) is 31.0 Å². The van der Waals surface area contributed by atoms with E-state index >= 15 is 0 Å². The maximum absolute atomic E-state index is 14.6. The van der Waals surface area contributed by atoms with Crippen molar-refractivity contribution < 1.29 is 19.0 Å². The molecule has 3 fully saturated rings. The van der Waals surface area contributed by atoms with Crippen molar-refractivity contribution in [1.29, 1.82) is 0 Å². The minimum atomic E-state index is -0.523. The Morgan fingerprint density at radius 2 is 2.02 bits per heavy atom. The second-order valence-electron chi connectivity index (χ2n) is 11.7. The lowest BCUT2D eigenvalue weighted by atomic mass is 9.95. The zero-order chi connectivity index (χ0) is 28.1. The molecule has 2 aromatic carbocycles. The van der Waals surface area contributed by atoms with E-state index in [1.54, 1.807) is 12.3 Å². The van der Waals surface area contributed by atoms with Crippen LogP contribution in [-0.4, -0.2) is 67.9 Å². The molecule has 2 aromatic heterocycles. The van der Waals surface area contributed by atoms with Crippen LogP contribution in [0.4, 0.5) is 4.39 Å². The van der Waals surface area contributed by atoms with Crippen LogP contribution in [0.25, 0.3) is 33.2 Å². The highest BCUT2D eigenvalue weighted by Gasteiger charge is 2.50. The van der Waals surface area contributed by atoms with Gasteiger partial charge in [0.05, 0.1) is 28.8 Å². The Labute approximate surface area is 237 Å². The highest BCUT2D eigenvalue weighted by molar-refractivity contribution is 6.01. The van der Waals surface area contributed by atoms with Gasteiger partial charge in [0.25, 0.3) is 0 Å². The Morgan fingerprint density at radius 1 is 1.15 bits per heavy atom. The van der Waals surface area contributed by atoms with E-state index in [0.717, 1.165) is 51.4 Å². The number of phenolic OH excluding ortho intramolecular Hbond substituents is 1. The molecule has 1 saturated carbocycles. The zero-order valence-corrected chi connectivity index (χ0v) is 23.1. The van der Waals surface area contributed by atoms with Gasteiger partial charge in [-0.05, 0) is 81.5 Å². The fourth-order valence-electron chi connectivity index (χ4n) is 6.61. The summed E-state index contributed by atoms with van der Waals surface area (Å²) in [6.07, 6.45) is 14.3. The molecular formula is C32H32FN5O3. The largest absolute Gasteiger partial charge is 0.508 e. The number of terminal acetylenes is 1. The molecule has 3 aliphatic rings. The van der Waals surface area contributed by atoms with Crippen LogP contribution in [-0.2, 0) is 4.74 Å². The quantitative estimate of drug-likeness (QED) is 0.299.